The summed E-state index contributed by atoms with van der Waals surface area (Å²) in [7, 11) is 0. The van der Waals surface area contributed by atoms with Gasteiger partial charge in [0, 0.05) is 42.8 Å². The summed E-state index contributed by atoms with van der Waals surface area (Å²) in [5.41, 5.74) is 1.12. The van der Waals surface area contributed by atoms with Crippen LogP contribution in [-0.2, 0) is 9.59 Å². The summed E-state index contributed by atoms with van der Waals surface area (Å²) in [5, 5.41) is 3.56. The van der Waals surface area contributed by atoms with E-state index in [1.807, 2.05) is 36.1 Å². The first-order chi connectivity index (χ1) is 12.5. The van der Waals surface area contributed by atoms with Crippen LogP contribution < -0.4 is 10.2 Å². The molecule has 0 aromatic heterocycles. The van der Waals surface area contributed by atoms with Gasteiger partial charge in [0.1, 0.15) is 0 Å². The molecule has 1 unspecified atom stereocenters. The second-order valence-corrected chi connectivity index (χ2v) is 7.25. The molecule has 1 N–H and O–H groups in total. The average Bonchev–Trinajstić information content (AvgIpc) is 2.67. The number of unbranched alkanes of at least 4 members (excludes halogenated alkanes) is 1. The first-order valence-corrected chi connectivity index (χ1v) is 9.99. The van der Waals surface area contributed by atoms with E-state index in [0.29, 0.717) is 13.1 Å². The molecule has 1 fully saturated rings. The highest BCUT2D eigenvalue weighted by atomic mass is 35.5. The number of hydrogen-bond acceptors (Lipinski definition) is 3. The van der Waals surface area contributed by atoms with Gasteiger partial charge in [-0.1, -0.05) is 38.3 Å². The Bertz CT molecular complexity index is 583. The summed E-state index contributed by atoms with van der Waals surface area (Å²) >= 11 is 5.93. The number of hydrogen-bond donors (Lipinski definition) is 1. The highest BCUT2D eigenvalue weighted by molar-refractivity contribution is 6.30. The zero-order valence-electron chi connectivity index (χ0n) is 15.8. The average molecular weight is 380 g/mol. The Labute approximate surface area is 161 Å². The molecule has 144 valence electrons. The molecule has 6 heteroatoms. The molecule has 1 aliphatic heterocycles. The minimum Gasteiger partial charge on any atom is -0.368 e. The molecule has 1 atom stereocenters. The quantitative estimate of drug-likeness (QED) is 0.753. The third-order valence-electron chi connectivity index (χ3n) is 5.01. The minimum atomic E-state index is -0.000509. The molecule has 1 heterocycles. The fourth-order valence-corrected chi connectivity index (χ4v) is 3.38. The molecule has 0 bridgehead atoms. The summed E-state index contributed by atoms with van der Waals surface area (Å²) in [4.78, 5) is 28.7. The van der Waals surface area contributed by atoms with Crippen LogP contribution in [0.5, 0.6) is 0 Å². The molecule has 0 saturated carbocycles. The van der Waals surface area contributed by atoms with Crippen LogP contribution in [-0.4, -0.2) is 49.4 Å². The molecule has 2 rings (SSSR count). The van der Waals surface area contributed by atoms with E-state index in [2.05, 4.69) is 17.1 Å². The van der Waals surface area contributed by atoms with Gasteiger partial charge in [-0.2, -0.15) is 0 Å². The number of piperazine rings is 1. The molecule has 0 aliphatic carbocycles. The van der Waals surface area contributed by atoms with Gasteiger partial charge >= 0.3 is 0 Å². The number of halogens is 1. The van der Waals surface area contributed by atoms with Crippen molar-refractivity contribution in [3.63, 3.8) is 0 Å². The zero-order chi connectivity index (χ0) is 18.9. The summed E-state index contributed by atoms with van der Waals surface area (Å²) < 4.78 is 0. The maximum Gasteiger partial charge on any atom is 0.242 e. The van der Waals surface area contributed by atoms with Gasteiger partial charge in [-0.15, -0.1) is 0 Å². The Hall–Kier alpha value is -1.75. The lowest BCUT2D eigenvalue weighted by molar-refractivity contribution is -0.134. The molecular weight excluding hydrogens is 350 g/mol. The number of anilines is 1. The summed E-state index contributed by atoms with van der Waals surface area (Å²) in [5.74, 6) is 0.0260. The van der Waals surface area contributed by atoms with Crippen molar-refractivity contribution >= 4 is 29.1 Å². The molecular formula is C20H30ClN3O2. The molecule has 26 heavy (non-hydrogen) atoms. The lowest BCUT2D eigenvalue weighted by Crippen LogP contribution is -2.51. The van der Waals surface area contributed by atoms with Crippen LogP contribution in [0.4, 0.5) is 5.69 Å². The summed E-state index contributed by atoms with van der Waals surface area (Å²) in [6.45, 7) is 7.16. The van der Waals surface area contributed by atoms with Gasteiger partial charge in [0.05, 0.1) is 6.54 Å². The second kappa shape index (κ2) is 10.4. The number of carbonyl (C=O) groups excluding carboxylic acids is 2. The maximum absolute atomic E-state index is 12.4. The minimum absolute atomic E-state index is 0.000509. The lowest BCUT2D eigenvalue weighted by atomic mass is 9.98. The molecule has 1 aromatic rings. The third kappa shape index (κ3) is 5.90. The van der Waals surface area contributed by atoms with Gasteiger partial charge in [-0.25, -0.2) is 0 Å². The van der Waals surface area contributed by atoms with Crippen molar-refractivity contribution in [1.29, 1.82) is 0 Å². The van der Waals surface area contributed by atoms with Crippen LogP contribution >= 0.6 is 11.6 Å². The molecule has 0 spiro atoms. The fraction of sp³-hybridized carbons (Fsp3) is 0.600. The van der Waals surface area contributed by atoms with Crippen LogP contribution in [0.15, 0.2) is 24.3 Å². The molecule has 5 nitrogen and oxygen atoms in total. The molecule has 1 aliphatic rings. The van der Waals surface area contributed by atoms with Crippen molar-refractivity contribution in [1.82, 2.24) is 10.2 Å². The highest BCUT2D eigenvalue weighted by Crippen LogP contribution is 2.19. The number of carbonyl (C=O) groups is 2. The van der Waals surface area contributed by atoms with E-state index in [1.54, 1.807) is 0 Å². The van der Waals surface area contributed by atoms with Gasteiger partial charge in [-0.05, 0) is 37.1 Å². The number of rotatable bonds is 8. The Morgan fingerprint density at radius 2 is 1.77 bits per heavy atom. The molecule has 1 saturated heterocycles. The van der Waals surface area contributed by atoms with Crippen LogP contribution in [0.3, 0.4) is 0 Å². The van der Waals surface area contributed by atoms with E-state index >= 15 is 0 Å². The molecule has 1 aromatic carbocycles. The van der Waals surface area contributed by atoms with Gasteiger partial charge in [0.15, 0.2) is 0 Å². The number of nitrogens with zero attached hydrogens (tertiary/aromatic N) is 2. The van der Waals surface area contributed by atoms with Crippen molar-refractivity contribution in [3.8, 4) is 0 Å². The predicted molar refractivity (Wildman–Crippen MR) is 107 cm³/mol. The first-order valence-electron chi connectivity index (χ1n) is 9.61. The number of amides is 2. The first kappa shape index (κ1) is 20.6. The van der Waals surface area contributed by atoms with Crippen molar-refractivity contribution in [2.24, 2.45) is 5.92 Å². The normalized spacial score (nSPS) is 15.7. The van der Waals surface area contributed by atoms with E-state index in [4.69, 9.17) is 11.6 Å². The predicted octanol–water partition coefficient (Wildman–Crippen LogP) is 3.32. The van der Waals surface area contributed by atoms with E-state index in [0.717, 1.165) is 49.5 Å². The van der Waals surface area contributed by atoms with Gasteiger partial charge in [-0.3, -0.25) is 9.59 Å². The van der Waals surface area contributed by atoms with Crippen LogP contribution in [0.1, 0.15) is 39.5 Å². The van der Waals surface area contributed by atoms with E-state index in [1.165, 1.54) is 0 Å². The smallest absolute Gasteiger partial charge is 0.242 e. The summed E-state index contributed by atoms with van der Waals surface area (Å²) in [6, 6.07) is 7.77. The second-order valence-electron chi connectivity index (χ2n) is 6.81. The number of benzene rings is 1. The van der Waals surface area contributed by atoms with Gasteiger partial charge in [0.2, 0.25) is 11.8 Å². The lowest BCUT2D eigenvalue weighted by Gasteiger charge is -2.36. The van der Waals surface area contributed by atoms with Crippen molar-refractivity contribution in [2.75, 3.05) is 37.6 Å². The Morgan fingerprint density at radius 1 is 1.12 bits per heavy atom. The van der Waals surface area contributed by atoms with Gasteiger partial charge < -0.3 is 15.1 Å². The standard InChI is InChI=1S/C20H30ClN3O2/c1-3-5-6-16(4-2)20(26)22-15-19(25)24-13-11-23(12-14-24)18-9-7-17(21)8-10-18/h7-10,16H,3-6,11-15H2,1-2H3,(H,22,26). The van der Waals surface area contributed by atoms with Crippen LogP contribution in [0.2, 0.25) is 5.02 Å². The largest absolute Gasteiger partial charge is 0.368 e. The zero-order valence-corrected chi connectivity index (χ0v) is 16.6. The van der Waals surface area contributed by atoms with Crippen LogP contribution in [0, 0.1) is 5.92 Å². The molecule has 2 amide bonds. The highest BCUT2D eigenvalue weighted by Gasteiger charge is 2.22. The fourth-order valence-electron chi connectivity index (χ4n) is 3.26. The Kier molecular flexibility index (Phi) is 8.23. The van der Waals surface area contributed by atoms with E-state index < -0.39 is 0 Å². The maximum atomic E-state index is 12.4. The van der Waals surface area contributed by atoms with Crippen molar-refractivity contribution in [3.05, 3.63) is 29.3 Å². The van der Waals surface area contributed by atoms with Gasteiger partial charge in [0.25, 0.3) is 0 Å². The monoisotopic (exact) mass is 379 g/mol. The molecule has 0 radical (unpaired) electrons. The SMILES string of the molecule is CCCCC(CC)C(=O)NCC(=O)N1CCN(c2ccc(Cl)cc2)CC1. The third-order valence-corrected chi connectivity index (χ3v) is 5.26. The van der Waals surface area contributed by atoms with Crippen molar-refractivity contribution < 1.29 is 9.59 Å². The van der Waals surface area contributed by atoms with E-state index in [-0.39, 0.29) is 24.3 Å². The van der Waals surface area contributed by atoms with Crippen LogP contribution in [0.25, 0.3) is 0 Å². The Balaban J connectivity index is 1.75. The summed E-state index contributed by atoms with van der Waals surface area (Å²) in [6.07, 6.45) is 3.85. The van der Waals surface area contributed by atoms with E-state index in [9.17, 15) is 9.59 Å². The topological polar surface area (TPSA) is 52.7 Å². The van der Waals surface area contributed by atoms with Crippen molar-refractivity contribution in [2.45, 2.75) is 39.5 Å². The number of nitrogens with one attached hydrogen (secondary N) is 1. The Morgan fingerprint density at radius 3 is 2.35 bits per heavy atom.